The van der Waals surface area contributed by atoms with Crippen LogP contribution in [-0.2, 0) is 4.79 Å². The van der Waals surface area contributed by atoms with E-state index in [4.69, 9.17) is 27.9 Å². The molecule has 0 bridgehead atoms. The molecule has 0 radical (unpaired) electrons. The third-order valence-electron chi connectivity index (χ3n) is 3.68. The molecule has 0 saturated carbocycles. The Morgan fingerprint density at radius 2 is 2.20 bits per heavy atom. The summed E-state index contributed by atoms with van der Waals surface area (Å²) >= 11 is 11.8. The molecule has 1 heterocycles. The summed E-state index contributed by atoms with van der Waals surface area (Å²) in [5.74, 6) is 0.250. The van der Waals surface area contributed by atoms with Gasteiger partial charge in [0.2, 0.25) is 0 Å². The van der Waals surface area contributed by atoms with Gasteiger partial charge in [0.15, 0.2) is 6.61 Å². The van der Waals surface area contributed by atoms with Crippen LogP contribution in [0.15, 0.2) is 18.2 Å². The highest BCUT2D eigenvalue weighted by atomic mass is 35.5. The topological polar surface area (TPSA) is 49.8 Å². The number of aliphatic hydroxyl groups excluding tert-OH is 1. The number of carbonyl (C=O) groups is 1. The molecule has 1 amide bonds. The summed E-state index contributed by atoms with van der Waals surface area (Å²) in [7, 11) is 0. The monoisotopic (exact) mass is 317 g/mol. The summed E-state index contributed by atoms with van der Waals surface area (Å²) in [6.07, 6.45) is 0.0750. The van der Waals surface area contributed by atoms with E-state index in [-0.39, 0.29) is 12.5 Å². The van der Waals surface area contributed by atoms with Crippen molar-refractivity contribution in [1.82, 2.24) is 4.90 Å². The molecule has 0 aromatic heterocycles. The number of amides is 1. The Labute approximate surface area is 128 Å². The van der Waals surface area contributed by atoms with Crippen LogP contribution >= 0.6 is 23.2 Å². The van der Waals surface area contributed by atoms with Crippen molar-refractivity contribution in [2.24, 2.45) is 0 Å². The van der Waals surface area contributed by atoms with Gasteiger partial charge in [-0.05, 0) is 38.5 Å². The fraction of sp³-hybridized carbons (Fsp3) is 0.500. The lowest BCUT2D eigenvalue weighted by Crippen LogP contribution is -2.49. The van der Waals surface area contributed by atoms with Gasteiger partial charge in [0.1, 0.15) is 5.75 Å². The molecule has 0 aliphatic carbocycles. The third-order valence-corrected chi connectivity index (χ3v) is 4.21. The number of ether oxygens (including phenoxy) is 1. The van der Waals surface area contributed by atoms with Crippen LogP contribution < -0.4 is 4.74 Å². The van der Waals surface area contributed by atoms with Gasteiger partial charge in [-0.3, -0.25) is 4.79 Å². The van der Waals surface area contributed by atoms with Crippen molar-refractivity contribution in [2.45, 2.75) is 31.9 Å². The summed E-state index contributed by atoms with van der Waals surface area (Å²) in [6, 6.07) is 4.84. The maximum absolute atomic E-state index is 12.2. The summed E-state index contributed by atoms with van der Waals surface area (Å²) in [5, 5.41) is 10.7. The highest BCUT2D eigenvalue weighted by molar-refractivity contribution is 6.35. The molecule has 6 heteroatoms. The fourth-order valence-corrected chi connectivity index (χ4v) is 2.79. The van der Waals surface area contributed by atoms with Crippen molar-refractivity contribution in [3.8, 4) is 5.75 Å². The molecule has 1 unspecified atom stereocenters. The Bertz CT molecular complexity index is 519. The zero-order chi connectivity index (χ0) is 14.9. The maximum Gasteiger partial charge on any atom is 0.261 e. The van der Waals surface area contributed by atoms with E-state index in [1.54, 1.807) is 23.1 Å². The maximum atomic E-state index is 12.2. The summed E-state index contributed by atoms with van der Waals surface area (Å²) < 4.78 is 5.43. The summed E-state index contributed by atoms with van der Waals surface area (Å²) in [5.41, 5.74) is -0.565. The highest BCUT2D eigenvalue weighted by Gasteiger charge is 2.42. The number of benzene rings is 1. The quantitative estimate of drug-likeness (QED) is 0.932. The number of aliphatic hydroxyl groups is 1. The first-order valence-electron chi connectivity index (χ1n) is 6.39. The molecule has 1 atom stereocenters. The van der Waals surface area contributed by atoms with Crippen molar-refractivity contribution in [3.63, 3.8) is 0 Å². The lowest BCUT2D eigenvalue weighted by molar-refractivity contribution is -0.138. The Morgan fingerprint density at radius 1 is 1.50 bits per heavy atom. The van der Waals surface area contributed by atoms with E-state index in [2.05, 4.69) is 0 Å². The molecule has 1 aromatic carbocycles. The van der Waals surface area contributed by atoms with Crippen molar-refractivity contribution in [1.29, 1.82) is 0 Å². The third kappa shape index (κ3) is 3.03. The first kappa shape index (κ1) is 15.4. The van der Waals surface area contributed by atoms with Crippen molar-refractivity contribution in [3.05, 3.63) is 28.2 Å². The minimum atomic E-state index is -0.565. The molecule has 2 rings (SSSR count). The van der Waals surface area contributed by atoms with Crippen LogP contribution in [0.25, 0.3) is 0 Å². The second kappa shape index (κ2) is 5.80. The molecular weight excluding hydrogens is 301 g/mol. The fourth-order valence-electron chi connectivity index (χ4n) is 2.33. The number of hydrogen-bond acceptors (Lipinski definition) is 3. The Morgan fingerprint density at radius 3 is 2.75 bits per heavy atom. The molecule has 110 valence electrons. The van der Waals surface area contributed by atoms with Crippen molar-refractivity contribution in [2.75, 3.05) is 13.2 Å². The van der Waals surface area contributed by atoms with Crippen LogP contribution in [0.4, 0.5) is 0 Å². The Balaban J connectivity index is 1.99. The molecule has 4 nitrogen and oxygen atoms in total. The van der Waals surface area contributed by atoms with Gasteiger partial charge in [0, 0.05) is 11.6 Å². The first-order valence-corrected chi connectivity index (χ1v) is 7.14. The minimum absolute atomic E-state index is 0.114. The lowest BCUT2D eigenvalue weighted by Gasteiger charge is -2.33. The molecule has 1 saturated heterocycles. The van der Waals surface area contributed by atoms with E-state index < -0.39 is 11.6 Å². The van der Waals surface area contributed by atoms with Gasteiger partial charge in [-0.25, -0.2) is 0 Å². The zero-order valence-corrected chi connectivity index (χ0v) is 12.9. The van der Waals surface area contributed by atoms with Crippen LogP contribution in [0.3, 0.4) is 0 Å². The smallest absolute Gasteiger partial charge is 0.261 e. The molecule has 1 N–H and O–H groups in total. The van der Waals surface area contributed by atoms with Gasteiger partial charge in [0.25, 0.3) is 5.91 Å². The van der Waals surface area contributed by atoms with Gasteiger partial charge >= 0.3 is 0 Å². The number of halogens is 2. The molecule has 0 spiro atoms. The van der Waals surface area contributed by atoms with E-state index in [0.717, 1.165) is 0 Å². The number of rotatable bonds is 3. The largest absolute Gasteiger partial charge is 0.482 e. The van der Waals surface area contributed by atoms with Gasteiger partial charge in [-0.15, -0.1) is 0 Å². The first-order chi connectivity index (χ1) is 9.32. The van der Waals surface area contributed by atoms with Crippen LogP contribution in [0.5, 0.6) is 5.75 Å². The van der Waals surface area contributed by atoms with Gasteiger partial charge in [-0.2, -0.15) is 0 Å². The van der Waals surface area contributed by atoms with E-state index in [1.807, 2.05) is 13.8 Å². The number of likely N-dealkylation sites (tertiary alicyclic amines) is 1. The van der Waals surface area contributed by atoms with Crippen LogP contribution in [0.1, 0.15) is 20.3 Å². The van der Waals surface area contributed by atoms with Gasteiger partial charge in [0.05, 0.1) is 16.7 Å². The second-order valence-corrected chi connectivity index (χ2v) is 6.21. The summed E-state index contributed by atoms with van der Waals surface area (Å²) in [6.45, 7) is 4.11. The Kier molecular flexibility index (Phi) is 4.47. The van der Waals surface area contributed by atoms with Crippen LogP contribution in [0, 0.1) is 0 Å². The van der Waals surface area contributed by atoms with Crippen molar-refractivity contribution < 1.29 is 14.6 Å². The number of hydrogen-bond donors (Lipinski definition) is 1. The lowest BCUT2D eigenvalue weighted by atomic mass is 9.99. The molecule has 1 aromatic rings. The SMILES string of the molecule is CC1(C)C(O)CCN1C(=O)COc1ccc(Cl)cc1Cl. The van der Waals surface area contributed by atoms with Crippen LogP contribution in [0.2, 0.25) is 10.0 Å². The second-order valence-electron chi connectivity index (χ2n) is 5.37. The summed E-state index contributed by atoms with van der Waals surface area (Å²) in [4.78, 5) is 13.8. The highest BCUT2D eigenvalue weighted by Crippen LogP contribution is 2.30. The normalized spacial score (nSPS) is 21.1. The number of nitrogens with zero attached hydrogens (tertiary/aromatic N) is 1. The van der Waals surface area contributed by atoms with Gasteiger partial charge < -0.3 is 14.7 Å². The predicted molar refractivity (Wildman–Crippen MR) is 78.4 cm³/mol. The van der Waals surface area contributed by atoms with E-state index in [0.29, 0.717) is 28.8 Å². The molecule has 1 fully saturated rings. The van der Waals surface area contributed by atoms with E-state index in [9.17, 15) is 9.90 Å². The van der Waals surface area contributed by atoms with Crippen molar-refractivity contribution >= 4 is 29.1 Å². The zero-order valence-electron chi connectivity index (χ0n) is 11.4. The molecule has 1 aliphatic rings. The molecular formula is C14H17Cl2NO3. The van der Waals surface area contributed by atoms with E-state index >= 15 is 0 Å². The number of carbonyl (C=O) groups excluding carboxylic acids is 1. The van der Waals surface area contributed by atoms with Crippen LogP contribution in [-0.4, -0.2) is 40.7 Å². The standard InChI is InChI=1S/C14H17Cl2NO3/c1-14(2)12(18)5-6-17(14)13(19)8-20-11-4-3-9(15)7-10(11)16/h3-4,7,12,18H,5-6,8H2,1-2H3. The van der Waals surface area contributed by atoms with Gasteiger partial charge in [-0.1, -0.05) is 23.2 Å². The predicted octanol–water partition coefficient (Wildman–Crippen LogP) is 2.74. The Hall–Kier alpha value is -0.970. The van der Waals surface area contributed by atoms with E-state index in [1.165, 1.54) is 0 Å². The molecule has 20 heavy (non-hydrogen) atoms. The molecule has 1 aliphatic heterocycles. The average molecular weight is 318 g/mol. The minimum Gasteiger partial charge on any atom is -0.482 e. The average Bonchev–Trinajstić information content (AvgIpc) is 2.63.